The normalized spacial score (nSPS) is 16.1. The summed E-state index contributed by atoms with van der Waals surface area (Å²) < 4.78 is 0. The molecule has 2 amide bonds. The van der Waals surface area contributed by atoms with Gasteiger partial charge < -0.3 is 10.2 Å². The Bertz CT molecular complexity index is 1080. The minimum Gasteiger partial charge on any atom is -0.345 e. The van der Waals surface area contributed by atoms with Crippen LogP contribution in [0.4, 0.5) is 0 Å². The van der Waals surface area contributed by atoms with Crippen molar-refractivity contribution in [1.29, 1.82) is 0 Å². The summed E-state index contributed by atoms with van der Waals surface area (Å²) in [7, 11) is 0. The molecule has 2 aromatic carbocycles. The molecule has 0 radical (unpaired) electrons. The third-order valence-corrected chi connectivity index (χ3v) is 6.19. The summed E-state index contributed by atoms with van der Waals surface area (Å²) in [6, 6.07) is 16.7. The lowest BCUT2D eigenvalue weighted by atomic mass is 9.93. The molecule has 0 aliphatic carbocycles. The van der Waals surface area contributed by atoms with Crippen LogP contribution in [0.2, 0.25) is 5.02 Å². The van der Waals surface area contributed by atoms with Gasteiger partial charge in [0.15, 0.2) is 0 Å². The van der Waals surface area contributed by atoms with Crippen LogP contribution in [0.25, 0.3) is 6.08 Å². The third kappa shape index (κ3) is 4.32. The summed E-state index contributed by atoms with van der Waals surface area (Å²) in [4.78, 5) is 27.0. The molecule has 0 saturated heterocycles. The second kappa shape index (κ2) is 8.86. The highest BCUT2D eigenvalue weighted by Gasteiger charge is 2.29. The largest absolute Gasteiger partial charge is 0.345 e. The highest BCUT2D eigenvalue weighted by molar-refractivity contribution is 7.08. The molecule has 1 aliphatic rings. The monoisotopic (exact) mass is 436 g/mol. The summed E-state index contributed by atoms with van der Waals surface area (Å²) in [5.41, 5.74) is 3.98. The maximum atomic E-state index is 13.1. The summed E-state index contributed by atoms with van der Waals surface area (Å²) >= 11 is 7.62. The molecule has 0 saturated carbocycles. The lowest BCUT2D eigenvalue weighted by Crippen LogP contribution is -2.36. The molecule has 2 heterocycles. The van der Waals surface area contributed by atoms with E-state index in [0.29, 0.717) is 5.02 Å². The second-order valence-corrected chi connectivity index (χ2v) is 8.42. The first-order valence-corrected chi connectivity index (χ1v) is 11.0. The molecule has 1 aliphatic heterocycles. The second-order valence-electron chi connectivity index (χ2n) is 7.20. The number of halogens is 1. The van der Waals surface area contributed by atoms with Gasteiger partial charge in [-0.25, -0.2) is 0 Å². The highest BCUT2D eigenvalue weighted by Crippen LogP contribution is 2.33. The van der Waals surface area contributed by atoms with Gasteiger partial charge in [-0.1, -0.05) is 48.0 Å². The average Bonchev–Trinajstić information content (AvgIpc) is 3.27. The Kier molecular flexibility index (Phi) is 6.02. The van der Waals surface area contributed by atoms with Gasteiger partial charge in [0.05, 0.1) is 18.5 Å². The molecule has 0 fully saturated rings. The van der Waals surface area contributed by atoms with Crippen LogP contribution < -0.4 is 5.32 Å². The number of nitrogens with zero attached hydrogens (tertiary/aromatic N) is 1. The van der Waals surface area contributed by atoms with Gasteiger partial charge >= 0.3 is 0 Å². The minimum absolute atomic E-state index is 0.0920. The summed E-state index contributed by atoms with van der Waals surface area (Å²) in [6.45, 7) is 1.52. The maximum absolute atomic E-state index is 13.1. The van der Waals surface area contributed by atoms with E-state index in [9.17, 15) is 9.59 Å². The van der Waals surface area contributed by atoms with Gasteiger partial charge in [0, 0.05) is 18.1 Å². The van der Waals surface area contributed by atoms with E-state index in [0.717, 1.165) is 22.3 Å². The van der Waals surface area contributed by atoms with Crippen molar-refractivity contribution in [3.05, 3.63) is 98.8 Å². The summed E-state index contributed by atoms with van der Waals surface area (Å²) in [5.74, 6) is -0.215. The van der Waals surface area contributed by atoms with Crippen molar-refractivity contribution in [3.8, 4) is 0 Å². The number of thiophene rings is 1. The number of hydrogen-bond acceptors (Lipinski definition) is 3. The van der Waals surface area contributed by atoms with E-state index in [1.165, 1.54) is 6.92 Å². The number of hydrogen-bond donors (Lipinski definition) is 1. The Morgan fingerprint density at radius 3 is 2.57 bits per heavy atom. The van der Waals surface area contributed by atoms with Crippen molar-refractivity contribution in [3.63, 3.8) is 0 Å². The zero-order valence-corrected chi connectivity index (χ0v) is 18.0. The number of fused-ring (bicyclic) bond motifs is 1. The molecule has 4 rings (SSSR count). The van der Waals surface area contributed by atoms with E-state index < -0.39 is 0 Å². The van der Waals surface area contributed by atoms with Gasteiger partial charge in [-0.2, -0.15) is 11.3 Å². The fraction of sp³-hybridized carbons (Fsp3) is 0.167. The molecule has 6 heteroatoms. The predicted molar refractivity (Wildman–Crippen MR) is 121 cm³/mol. The molecule has 3 aromatic rings. The molecule has 2 unspecified atom stereocenters. The topological polar surface area (TPSA) is 49.4 Å². The first-order valence-electron chi connectivity index (χ1n) is 9.66. The Labute approximate surface area is 184 Å². The molecule has 4 nitrogen and oxygen atoms in total. The van der Waals surface area contributed by atoms with E-state index in [1.54, 1.807) is 22.4 Å². The Hall–Kier alpha value is -2.89. The SMILES string of the molecule is CC(=O)N1C=Cc2ccccc2C1CC(=O)NC(c1ccc(Cl)cc1)c1ccsc1. The fourth-order valence-electron chi connectivity index (χ4n) is 3.76. The van der Waals surface area contributed by atoms with E-state index >= 15 is 0 Å². The molecular formula is C24H21ClN2O2S. The van der Waals surface area contributed by atoms with E-state index in [1.807, 2.05) is 71.4 Å². The Morgan fingerprint density at radius 1 is 1.10 bits per heavy atom. The third-order valence-electron chi connectivity index (χ3n) is 5.23. The standard InChI is InChI=1S/C24H21ClN2O2S/c1-16(28)27-12-10-17-4-2-3-5-21(17)22(27)14-23(29)26-24(19-11-13-30-15-19)18-6-8-20(25)9-7-18/h2-13,15,22,24H,14H2,1H3,(H,26,29). The highest BCUT2D eigenvalue weighted by atomic mass is 35.5. The summed E-state index contributed by atoms with van der Waals surface area (Å²) in [6.07, 6.45) is 3.85. The zero-order valence-electron chi connectivity index (χ0n) is 16.4. The minimum atomic E-state index is -0.336. The molecule has 0 bridgehead atoms. The van der Waals surface area contributed by atoms with Gasteiger partial charge in [-0.05, 0) is 57.3 Å². The van der Waals surface area contributed by atoms with E-state index in [2.05, 4.69) is 5.32 Å². The van der Waals surface area contributed by atoms with Crippen LogP contribution in [0.15, 0.2) is 71.6 Å². The van der Waals surface area contributed by atoms with Crippen LogP contribution in [0.5, 0.6) is 0 Å². The molecule has 30 heavy (non-hydrogen) atoms. The van der Waals surface area contributed by atoms with Crippen molar-refractivity contribution in [2.24, 2.45) is 0 Å². The maximum Gasteiger partial charge on any atom is 0.223 e. The lowest BCUT2D eigenvalue weighted by Gasteiger charge is -2.32. The van der Waals surface area contributed by atoms with Crippen LogP contribution in [-0.2, 0) is 9.59 Å². The molecule has 152 valence electrons. The van der Waals surface area contributed by atoms with Gasteiger partial charge in [-0.3, -0.25) is 9.59 Å². The van der Waals surface area contributed by atoms with Crippen LogP contribution in [0.3, 0.4) is 0 Å². The van der Waals surface area contributed by atoms with Crippen LogP contribution in [-0.4, -0.2) is 16.7 Å². The number of amides is 2. The van der Waals surface area contributed by atoms with Crippen molar-refractivity contribution in [1.82, 2.24) is 10.2 Å². The smallest absolute Gasteiger partial charge is 0.223 e. The zero-order chi connectivity index (χ0) is 21.1. The van der Waals surface area contributed by atoms with Crippen LogP contribution in [0, 0.1) is 0 Å². The van der Waals surface area contributed by atoms with Gasteiger partial charge in [0.1, 0.15) is 0 Å². The van der Waals surface area contributed by atoms with Gasteiger partial charge in [0.25, 0.3) is 0 Å². The predicted octanol–water partition coefficient (Wildman–Crippen LogP) is 5.57. The van der Waals surface area contributed by atoms with Crippen LogP contribution in [0.1, 0.15) is 47.7 Å². The van der Waals surface area contributed by atoms with Crippen molar-refractivity contribution in [2.75, 3.05) is 0 Å². The first kappa shape index (κ1) is 20.4. The van der Waals surface area contributed by atoms with E-state index in [-0.39, 0.29) is 30.3 Å². The molecular weight excluding hydrogens is 416 g/mol. The van der Waals surface area contributed by atoms with Gasteiger partial charge in [-0.15, -0.1) is 0 Å². The number of carbonyl (C=O) groups is 2. The van der Waals surface area contributed by atoms with E-state index in [4.69, 9.17) is 11.6 Å². The average molecular weight is 437 g/mol. The Morgan fingerprint density at radius 2 is 1.87 bits per heavy atom. The van der Waals surface area contributed by atoms with Crippen molar-refractivity contribution >= 4 is 40.8 Å². The number of carbonyl (C=O) groups excluding carboxylic acids is 2. The van der Waals surface area contributed by atoms with Crippen molar-refractivity contribution in [2.45, 2.75) is 25.4 Å². The molecule has 0 spiro atoms. The molecule has 1 N–H and O–H groups in total. The number of nitrogens with one attached hydrogen (secondary N) is 1. The van der Waals surface area contributed by atoms with Gasteiger partial charge in [0.2, 0.25) is 11.8 Å². The lowest BCUT2D eigenvalue weighted by molar-refractivity contribution is -0.130. The summed E-state index contributed by atoms with van der Waals surface area (Å²) in [5, 5.41) is 7.82. The quantitative estimate of drug-likeness (QED) is 0.568. The van der Waals surface area contributed by atoms with Crippen LogP contribution >= 0.6 is 22.9 Å². The molecule has 1 aromatic heterocycles. The first-order chi connectivity index (χ1) is 14.5. The van der Waals surface area contributed by atoms with Crippen molar-refractivity contribution < 1.29 is 9.59 Å². The fourth-order valence-corrected chi connectivity index (χ4v) is 4.57. The Balaban J connectivity index is 1.59. The number of benzene rings is 2. The number of rotatable bonds is 5. The molecule has 2 atom stereocenters.